The molecule has 2 rings (SSSR count). The van der Waals surface area contributed by atoms with Crippen molar-refractivity contribution in [3.8, 4) is 11.5 Å². The monoisotopic (exact) mass is 321 g/mol. The number of anilines is 1. The van der Waals surface area contributed by atoms with E-state index < -0.39 is 12.8 Å². The molecule has 0 aliphatic heterocycles. The average Bonchev–Trinajstić information content (AvgIpc) is 2.85. The van der Waals surface area contributed by atoms with Crippen molar-refractivity contribution in [1.29, 1.82) is 0 Å². The van der Waals surface area contributed by atoms with Crippen LogP contribution in [-0.4, -0.2) is 29.5 Å². The molecule has 1 aromatic heterocycles. The standard InChI is InChI=1S/C12H11ClF3N3O2/c13-9-2-1-7(17)5-8(9)11-18-10(19-21-11)3-4-20-6-12(14,15)16/h1-2,5H,3-4,6,17H2. The van der Waals surface area contributed by atoms with Crippen LogP contribution in [0.3, 0.4) is 0 Å². The van der Waals surface area contributed by atoms with Crippen LogP contribution in [0.15, 0.2) is 22.7 Å². The van der Waals surface area contributed by atoms with Crippen LogP contribution in [0.25, 0.3) is 11.5 Å². The van der Waals surface area contributed by atoms with Crippen LogP contribution in [0, 0.1) is 0 Å². The molecule has 0 fully saturated rings. The van der Waals surface area contributed by atoms with Crippen LogP contribution in [-0.2, 0) is 11.2 Å². The normalized spacial score (nSPS) is 11.8. The first-order chi connectivity index (χ1) is 9.85. The molecule has 114 valence electrons. The largest absolute Gasteiger partial charge is 0.411 e. The van der Waals surface area contributed by atoms with Crippen molar-refractivity contribution in [2.75, 3.05) is 18.9 Å². The molecule has 0 saturated carbocycles. The molecule has 0 unspecified atom stereocenters. The number of nitrogen functional groups attached to an aromatic ring is 1. The molecule has 0 saturated heterocycles. The van der Waals surface area contributed by atoms with E-state index in [-0.39, 0.29) is 24.7 Å². The average molecular weight is 322 g/mol. The number of aromatic nitrogens is 2. The molecule has 2 N–H and O–H groups in total. The first-order valence-electron chi connectivity index (χ1n) is 5.87. The van der Waals surface area contributed by atoms with Gasteiger partial charge in [-0.3, -0.25) is 0 Å². The fraction of sp³-hybridized carbons (Fsp3) is 0.333. The summed E-state index contributed by atoms with van der Waals surface area (Å²) >= 11 is 5.98. The predicted molar refractivity (Wildman–Crippen MR) is 69.7 cm³/mol. The van der Waals surface area contributed by atoms with E-state index in [1.54, 1.807) is 18.2 Å². The van der Waals surface area contributed by atoms with E-state index in [2.05, 4.69) is 14.9 Å². The third kappa shape index (κ3) is 4.61. The van der Waals surface area contributed by atoms with Gasteiger partial charge in [0.25, 0.3) is 5.89 Å². The zero-order valence-electron chi connectivity index (χ0n) is 10.7. The van der Waals surface area contributed by atoms with E-state index in [0.717, 1.165) is 0 Å². The number of hydrogen-bond donors (Lipinski definition) is 1. The molecule has 0 spiro atoms. The van der Waals surface area contributed by atoms with Gasteiger partial charge in [-0.1, -0.05) is 16.8 Å². The highest BCUT2D eigenvalue weighted by Gasteiger charge is 2.27. The lowest BCUT2D eigenvalue weighted by molar-refractivity contribution is -0.173. The molecule has 0 aliphatic carbocycles. The van der Waals surface area contributed by atoms with Crippen molar-refractivity contribution in [2.45, 2.75) is 12.6 Å². The van der Waals surface area contributed by atoms with Crippen LogP contribution < -0.4 is 5.73 Å². The maximum absolute atomic E-state index is 11.9. The quantitative estimate of drug-likeness (QED) is 0.676. The van der Waals surface area contributed by atoms with Crippen molar-refractivity contribution in [1.82, 2.24) is 10.1 Å². The number of nitrogens with two attached hydrogens (primary N) is 1. The summed E-state index contributed by atoms with van der Waals surface area (Å²) < 4.78 is 45.1. The van der Waals surface area contributed by atoms with Crippen LogP contribution >= 0.6 is 11.6 Å². The van der Waals surface area contributed by atoms with Crippen LogP contribution in [0.5, 0.6) is 0 Å². The lowest BCUT2D eigenvalue weighted by Crippen LogP contribution is -2.18. The van der Waals surface area contributed by atoms with Gasteiger partial charge in [0, 0.05) is 12.1 Å². The Bertz CT molecular complexity index is 616. The third-order valence-electron chi connectivity index (χ3n) is 2.42. The molecule has 0 aliphatic rings. The molecule has 0 bridgehead atoms. The lowest BCUT2D eigenvalue weighted by atomic mass is 10.2. The number of ether oxygens (including phenoxy) is 1. The molecular formula is C12H11ClF3N3O2. The fourth-order valence-corrected chi connectivity index (χ4v) is 1.72. The SMILES string of the molecule is Nc1ccc(Cl)c(-c2nc(CCOCC(F)(F)F)no2)c1. The number of alkyl halides is 3. The number of rotatable bonds is 5. The Hall–Kier alpha value is -1.80. The van der Waals surface area contributed by atoms with E-state index in [1.807, 2.05) is 0 Å². The van der Waals surface area contributed by atoms with Gasteiger partial charge < -0.3 is 15.0 Å². The van der Waals surface area contributed by atoms with Gasteiger partial charge in [-0.05, 0) is 18.2 Å². The Morgan fingerprint density at radius 3 is 2.81 bits per heavy atom. The molecule has 1 heterocycles. The molecule has 0 radical (unpaired) electrons. The van der Waals surface area contributed by atoms with E-state index in [4.69, 9.17) is 21.9 Å². The zero-order chi connectivity index (χ0) is 15.5. The maximum Gasteiger partial charge on any atom is 0.411 e. The second-order valence-corrected chi connectivity index (χ2v) is 4.58. The van der Waals surface area contributed by atoms with E-state index in [1.165, 1.54) is 0 Å². The maximum atomic E-state index is 11.9. The summed E-state index contributed by atoms with van der Waals surface area (Å²) in [4.78, 5) is 4.04. The van der Waals surface area contributed by atoms with Crippen molar-refractivity contribution in [3.63, 3.8) is 0 Å². The molecule has 21 heavy (non-hydrogen) atoms. The minimum Gasteiger partial charge on any atom is -0.399 e. The molecule has 2 aromatic rings. The van der Waals surface area contributed by atoms with E-state index >= 15 is 0 Å². The van der Waals surface area contributed by atoms with Crippen LogP contribution in [0.4, 0.5) is 18.9 Å². The zero-order valence-corrected chi connectivity index (χ0v) is 11.4. The number of hydrogen-bond acceptors (Lipinski definition) is 5. The minimum absolute atomic E-state index is 0.0967. The summed E-state index contributed by atoms with van der Waals surface area (Å²) in [6.45, 7) is -1.47. The van der Waals surface area contributed by atoms with Crippen LogP contribution in [0.1, 0.15) is 5.82 Å². The second kappa shape index (κ2) is 6.31. The summed E-state index contributed by atoms with van der Waals surface area (Å²) in [7, 11) is 0. The van der Waals surface area contributed by atoms with Crippen molar-refractivity contribution < 1.29 is 22.4 Å². The highest BCUT2D eigenvalue weighted by Crippen LogP contribution is 2.28. The number of nitrogens with zero attached hydrogens (tertiary/aromatic N) is 2. The molecule has 9 heteroatoms. The summed E-state index contributed by atoms with van der Waals surface area (Å²) in [5, 5.41) is 4.03. The summed E-state index contributed by atoms with van der Waals surface area (Å²) in [6.07, 6.45) is -4.25. The van der Waals surface area contributed by atoms with Gasteiger partial charge in [0.2, 0.25) is 0 Å². The number of halogens is 4. The van der Waals surface area contributed by atoms with Gasteiger partial charge in [-0.2, -0.15) is 18.2 Å². The van der Waals surface area contributed by atoms with Crippen molar-refractivity contribution >= 4 is 17.3 Å². The van der Waals surface area contributed by atoms with E-state index in [9.17, 15) is 13.2 Å². The van der Waals surface area contributed by atoms with Crippen LogP contribution in [0.2, 0.25) is 5.02 Å². The van der Waals surface area contributed by atoms with Crippen molar-refractivity contribution in [3.05, 3.63) is 29.0 Å². The Morgan fingerprint density at radius 1 is 1.33 bits per heavy atom. The Labute approximate surface area is 122 Å². The highest BCUT2D eigenvalue weighted by atomic mass is 35.5. The molecule has 5 nitrogen and oxygen atoms in total. The summed E-state index contributed by atoms with van der Waals surface area (Å²) in [5.41, 5.74) is 6.57. The first kappa shape index (κ1) is 15.6. The Kier molecular flexibility index (Phi) is 4.69. The van der Waals surface area contributed by atoms with Gasteiger partial charge >= 0.3 is 6.18 Å². The summed E-state index contributed by atoms with van der Waals surface area (Å²) in [5.74, 6) is 0.379. The highest BCUT2D eigenvalue weighted by molar-refractivity contribution is 6.33. The van der Waals surface area contributed by atoms with E-state index in [0.29, 0.717) is 16.3 Å². The molecule has 0 amide bonds. The molecule has 1 aromatic carbocycles. The summed E-state index contributed by atoms with van der Waals surface area (Å²) in [6, 6.07) is 4.77. The van der Waals surface area contributed by atoms with Gasteiger partial charge in [0.05, 0.1) is 17.2 Å². The topological polar surface area (TPSA) is 74.2 Å². The molecule has 0 atom stereocenters. The van der Waals surface area contributed by atoms with Gasteiger partial charge in [0.15, 0.2) is 5.82 Å². The number of benzene rings is 1. The predicted octanol–water partition coefficient (Wildman–Crippen LogP) is 3.09. The van der Waals surface area contributed by atoms with Gasteiger partial charge in [-0.15, -0.1) is 0 Å². The third-order valence-corrected chi connectivity index (χ3v) is 2.75. The van der Waals surface area contributed by atoms with Crippen molar-refractivity contribution in [2.24, 2.45) is 0 Å². The Balaban J connectivity index is 1.97. The first-order valence-corrected chi connectivity index (χ1v) is 6.25. The van der Waals surface area contributed by atoms with Gasteiger partial charge in [0.1, 0.15) is 6.61 Å². The van der Waals surface area contributed by atoms with Gasteiger partial charge in [-0.25, -0.2) is 0 Å². The Morgan fingerprint density at radius 2 is 2.10 bits per heavy atom. The smallest absolute Gasteiger partial charge is 0.399 e. The molecular weight excluding hydrogens is 311 g/mol. The minimum atomic E-state index is -4.35. The second-order valence-electron chi connectivity index (χ2n) is 4.17. The lowest BCUT2D eigenvalue weighted by Gasteiger charge is -2.05. The fourth-order valence-electron chi connectivity index (χ4n) is 1.52.